The Morgan fingerprint density at radius 2 is 1.50 bits per heavy atom. The average Bonchev–Trinajstić information content (AvgIpc) is 2.54. The molecule has 2 saturated heterocycles. The van der Waals surface area contributed by atoms with Gasteiger partial charge in [-0.25, -0.2) is 4.79 Å². The van der Waals surface area contributed by atoms with Gasteiger partial charge in [-0.15, -0.1) is 0 Å². The van der Waals surface area contributed by atoms with Gasteiger partial charge >= 0.3 is 5.97 Å². The molecule has 0 saturated carbocycles. The molecule has 0 spiro atoms. The number of rotatable bonds is 4. The van der Waals surface area contributed by atoms with Crippen LogP contribution in [-0.2, 0) is 19.0 Å². The highest BCUT2D eigenvalue weighted by Gasteiger charge is 2.51. The summed E-state index contributed by atoms with van der Waals surface area (Å²) >= 11 is 0. The summed E-state index contributed by atoms with van der Waals surface area (Å²) in [5.74, 6) is -1.64. The molecular weight excluding hydrogens is 336 g/mol. The van der Waals surface area contributed by atoms with Gasteiger partial charge < -0.3 is 55.1 Å². The summed E-state index contributed by atoms with van der Waals surface area (Å²) in [6, 6.07) is 0. The molecule has 8 N–H and O–H groups in total. The van der Waals surface area contributed by atoms with Crippen LogP contribution in [0.4, 0.5) is 0 Å². The number of aliphatic hydroxyl groups excluding tert-OH is 7. The third-order valence-corrected chi connectivity index (χ3v) is 3.95. The van der Waals surface area contributed by atoms with E-state index in [9.17, 15) is 35.4 Å². The molecule has 0 radical (unpaired) electrons. The van der Waals surface area contributed by atoms with Crippen LogP contribution < -0.4 is 0 Å². The molecule has 0 amide bonds. The lowest BCUT2D eigenvalue weighted by Gasteiger charge is -2.44. The second kappa shape index (κ2) is 7.53. The first-order chi connectivity index (χ1) is 11.2. The van der Waals surface area contributed by atoms with Gasteiger partial charge in [0.05, 0.1) is 6.61 Å². The van der Waals surface area contributed by atoms with Gasteiger partial charge in [0.1, 0.15) is 42.7 Å². The van der Waals surface area contributed by atoms with Crippen LogP contribution in [-0.4, -0.2) is 115 Å². The zero-order valence-electron chi connectivity index (χ0n) is 12.2. The van der Waals surface area contributed by atoms with Gasteiger partial charge in [0.2, 0.25) is 0 Å². The highest BCUT2D eigenvalue weighted by Crippen LogP contribution is 2.28. The molecule has 140 valence electrons. The van der Waals surface area contributed by atoms with E-state index in [0.717, 1.165) is 0 Å². The van der Waals surface area contributed by atoms with Crippen molar-refractivity contribution in [2.75, 3.05) is 6.61 Å². The molecule has 0 aromatic carbocycles. The fraction of sp³-hybridized carbons (Fsp3) is 0.917. The van der Waals surface area contributed by atoms with Gasteiger partial charge in [-0.1, -0.05) is 0 Å². The van der Waals surface area contributed by atoms with Crippen LogP contribution in [0.25, 0.3) is 0 Å². The van der Waals surface area contributed by atoms with E-state index in [-0.39, 0.29) is 0 Å². The third kappa shape index (κ3) is 3.52. The molecule has 2 aliphatic heterocycles. The van der Waals surface area contributed by atoms with Crippen LogP contribution >= 0.6 is 0 Å². The summed E-state index contributed by atoms with van der Waals surface area (Å²) in [4.78, 5) is 11.0. The highest BCUT2D eigenvalue weighted by molar-refractivity contribution is 5.73. The first kappa shape index (κ1) is 19.4. The Hall–Kier alpha value is -0.930. The zero-order chi connectivity index (χ0) is 18.2. The Labute approximate surface area is 135 Å². The maximum Gasteiger partial charge on any atom is 0.335 e. The van der Waals surface area contributed by atoms with Crippen molar-refractivity contribution in [3.63, 3.8) is 0 Å². The van der Waals surface area contributed by atoms with Crippen LogP contribution in [0.2, 0.25) is 0 Å². The molecular formula is C12H20O12. The maximum absolute atomic E-state index is 11.0. The SMILES string of the molecule is O=C(O)[C@H]1O[C@@H](O[C@@H]2[C@@H](O)[C@@H](O)[C@@H](CO)O[C@@H]2O)[C@H](O)[C@@H](O)[C@@H]1O. The van der Waals surface area contributed by atoms with E-state index in [1.165, 1.54) is 0 Å². The second-order valence-corrected chi connectivity index (χ2v) is 5.56. The lowest BCUT2D eigenvalue weighted by Crippen LogP contribution is -2.64. The largest absolute Gasteiger partial charge is 0.479 e. The number of hydrogen-bond donors (Lipinski definition) is 8. The molecule has 0 aliphatic carbocycles. The lowest BCUT2D eigenvalue weighted by molar-refractivity contribution is -0.357. The Morgan fingerprint density at radius 3 is 2.04 bits per heavy atom. The first-order valence-electron chi connectivity index (χ1n) is 7.07. The molecule has 2 fully saturated rings. The summed E-state index contributed by atoms with van der Waals surface area (Å²) in [5, 5.41) is 76.4. The Balaban J connectivity index is 2.12. The highest BCUT2D eigenvalue weighted by atomic mass is 16.7. The van der Waals surface area contributed by atoms with Crippen molar-refractivity contribution in [1.82, 2.24) is 0 Å². The Bertz CT molecular complexity index is 446. The molecule has 10 atom stereocenters. The van der Waals surface area contributed by atoms with Gasteiger partial charge in [0.25, 0.3) is 0 Å². The molecule has 2 rings (SSSR count). The number of aliphatic carboxylic acids is 1. The second-order valence-electron chi connectivity index (χ2n) is 5.56. The van der Waals surface area contributed by atoms with E-state index in [1.807, 2.05) is 0 Å². The summed E-state index contributed by atoms with van der Waals surface area (Å²) in [7, 11) is 0. The standard InChI is InChI=1S/C12H20O12/c13-1-2-3(14)5(16)9(11(21)22-2)24-12-7(18)4(15)6(17)8(23-12)10(19)20/h2-9,11-18,21H,1H2,(H,19,20)/t2-,3+,4+,5+,6+,7-,8+,9-,11+,12+/m1/s1. The molecule has 0 unspecified atom stereocenters. The smallest absolute Gasteiger partial charge is 0.335 e. The van der Waals surface area contributed by atoms with Gasteiger partial charge in [0, 0.05) is 0 Å². The average molecular weight is 356 g/mol. The molecule has 0 aromatic rings. The minimum absolute atomic E-state index is 0.698. The van der Waals surface area contributed by atoms with Crippen molar-refractivity contribution < 1.29 is 59.9 Å². The van der Waals surface area contributed by atoms with Crippen LogP contribution in [0.15, 0.2) is 0 Å². The normalized spacial score (nSPS) is 49.8. The van der Waals surface area contributed by atoms with Crippen LogP contribution in [0, 0.1) is 0 Å². The number of ether oxygens (including phenoxy) is 3. The van der Waals surface area contributed by atoms with Crippen LogP contribution in [0.5, 0.6) is 0 Å². The summed E-state index contributed by atoms with van der Waals surface area (Å²) in [6.07, 6.45) is -17.8. The molecule has 2 aliphatic rings. The van der Waals surface area contributed by atoms with Crippen molar-refractivity contribution in [1.29, 1.82) is 0 Å². The Kier molecular flexibility index (Phi) is 6.09. The molecule has 0 bridgehead atoms. The minimum Gasteiger partial charge on any atom is -0.479 e. The Morgan fingerprint density at radius 1 is 0.875 bits per heavy atom. The van der Waals surface area contributed by atoms with E-state index in [1.54, 1.807) is 0 Å². The maximum atomic E-state index is 11.0. The number of carboxylic acids is 1. The van der Waals surface area contributed by atoms with Crippen molar-refractivity contribution >= 4 is 5.97 Å². The molecule has 2 heterocycles. The van der Waals surface area contributed by atoms with Crippen molar-refractivity contribution in [3.8, 4) is 0 Å². The minimum atomic E-state index is -1.93. The van der Waals surface area contributed by atoms with E-state index in [0.29, 0.717) is 0 Å². The van der Waals surface area contributed by atoms with Crippen molar-refractivity contribution in [3.05, 3.63) is 0 Å². The molecule has 24 heavy (non-hydrogen) atoms. The zero-order valence-corrected chi connectivity index (χ0v) is 12.2. The quantitative estimate of drug-likeness (QED) is 0.238. The van der Waals surface area contributed by atoms with Gasteiger partial charge in [-0.05, 0) is 0 Å². The monoisotopic (exact) mass is 356 g/mol. The fourth-order valence-corrected chi connectivity index (χ4v) is 2.54. The first-order valence-corrected chi connectivity index (χ1v) is 7.07. The molecule has 0 aromatic heterocycles. The summed E-state index contributed by atoms with van der Waals surface area (Å²) in [5.41, 5.74) is 0. The molecule has 12 heteroatoms. The van der Waals surface area contributed by atoms with Gasteiger partial charge in [-0.2, -0.15) is 0 Å². The van der Waals surface area contributed by atoms with E-state index >= 15 is 0 Å². The number of aliphatic hydroxyl groups is 7. The van der Waals surface area contributed by atoms with Gasteiger partial charge in [0.15, 0.2) is 18.7 Å². The van der Waals surface area contributed by atoms with Crippen LogP contribution in [0.3, 0.4) is 0 Å². The predicted octanol–water partition coefficient (Wildman–Crippen LogP) is -5.30. The summed E-state index contributed by atoms with van der Waals surface area (Å²) in [6.45, 7) is -0.698. The number of carboxylic acid groups (broad SMARTS) is 1. The van der Waals surface area contributed by atoms with E-state index in [2.05, 4.69) is 0 Å². The van der Waals surface area contributed by atoms with Crippen molar-refractivity contribution in [2.24, 2.45) is 0 Å². The van der Waals surface area contributed by atoms with E-state index < -0.39 is 74.0 Å². The van der Waals surface area contributed by atoms with Gasteiger partial charge in [-0.3, -0.25) is 0 Å². The van der Waals surface area contributed by atoms with Crippen LogP contribution in [0.1, 0.15) is 0 Å². The van der Waals surface area contributed by atoms with E-state index in [4.69, 9.17) is 24.4 Å². The lowest BCUT2D eigenvalue weighted by atomic mass is 9.97. The summed E-state index contributed by atoms with van der Waals surface area (Å²) < 4.78 is 14.7. The molecule has 12 nitrogen and oxygen atoms in total. The third-order valence-electron chi connectivity index (χ3n) is 3.95. The predicted molar refractivity (Wildman–Crippen MR) is 69.2 cm³/mol. The fourth-order valence-electron chi connectivity index (χ4n) is 2.54. The topological polar surface area (TPSA) is 207 Å². The number of carbonyl (C=O) groups is 1. The van der Waals surface area contributed by atoms with Crippen molar-refractivity contribution in [2.45, 2.75) is 61.4 Å². The number of hydrogen-bond acceptors (Lipinski definition) is 11.